The Hall–Kier alpha value is -3.22. The number of carbonyl (C=O) groups is 1. The number of rotatable bonds is 8. The number of furan rings is 1. The van der Waals surface area contributed by atoms with Gasteiger partial charge in [-0.2, -0.15) is 5.10 Å². The summed E-state index contributed by atoms with van der Waals surface area (Å²) >= 11 is 0. The number of nitrogens with zero attached hydrogens (tertiary/aromatic N) is 2. The van der Waals surface area contributed by atoms with E-state index in [1.807, 2.05) is 52.1 Å². The van der Waals surface area contributed by atoms with Gasteiger partial charge >= 0.3 is 0 Å². The molecule has 0 aliphatic rings. The number of carbonyl (C=O) groups excluding carboxylic acids is 1. The number of aromatic nitrogens is 2. The zero-order valence-electron chi connectivity index (χ0n) is 16.6. The largest absolute Gasteiger partial charge is 0.494 e. The van der Waals surface area contributed by atoms with Gasteiger partial charge in [-0.25, -0.2) is 0 Å². The molecule has 0 aliphatic carbocycles. The number of aryl methyl sites for hydroxylation is 1. The van der Waals surface area contributed by atoms with E-state index in [1.54, 1.807) is 23.0 Å². The highest BCUT2D eigenvalue weighted by Gasteiger charge is 2.18. The van der Waals surface area contributed by atoms with Gasteiger partial charge in [0, 0.05) is 18.3 Å². The molecule has 7 heteroatoms. The van der Waals surface area contributed by atoms with E-state index >= 15 is 0 Å². The maximum Gasteiger partial charge on any atom is 0.287 e. The predicted molar refractivity (Wildman–Crippen MR) is 104 cm³/mol. The minimum atomic E-state index is -0.275. The number of ether oxygens (including phenoxy) is 2. The number of hydrogen-bond donors (Lipinski definition) is 1. The van der Waals surface area contributed by atoms with E-state index in [4.69, 9.17) is 13.9 Å². The SMILES string of the molecule is CCOc1ccc(OCc2ccc(C(=O)NC(C)c3cnn(C)c3C)o2)cc1. The summed E-state index contributed by atoms with van der Waals surface area (Å²) in [6.07, 6.45) is 1.76. The molecule has 1 N–H and O–H groups in total. The minimum absolute atomic E-state index is 0.171. The van der Waals surface area contributed by atoms with E-state index in [0.29, 0.717) is 18.1 Å². The van der Waals surface area contributed by atoms with Gasteiger partial charge in [0.2, 0.25) is 0 Å². The van der Waals surface area contributed by atoms with Gasteiger partial charge < -0.3 is 19.2 Å². The summed E-state index contributed by atoms with van der Waals surface area (Å²) in [6, 6.07) is 10.6. The summed E-state index contributed by atoms with van der Waals surface area (Å²) < 4.78 is 18.5. The van der Waals surface area contributed by atoms with Crippen molar-refractivity contribution in [2.24, 2.45) is 7.05 Å². The van der Waals surface area contributed by atoms with Crippen LogP contribution < -0.4 is 14.8 Å². The first kappa shape index (κ1) is 19.5. The van der Waals surface area contributed by atoms with E-state index in [2.05, 4.69) is 10.4 Å². The average Bonchev–Trinajstić information content (AvgIpc) is 3.29. The molecular formula is C21H25N3O4. The van der Waals surface area contributed by atoms with Crippen LogP contribution in [0.25, 0.3) is 0 Å². The van der Waals surface area contributed by atoms with Crippen LogP contribution in [0.4, 0.5) is 0 Å². The molecule has 1 unspecified atom stereocenters. The lowest BCUT2D eigenvalue weighted by molar-refractivity contribution is 0.0907. The third-order valence-corrected chi connectivity index (χ3v) is 4.49. The fourth-order valence-corrected chi connectivity index (χ4v) is 2.82. The summed E-state index contributed by atoms with van der Waals surface area (Å²) in [6.45, 7) is 6.68. The van der Waals surface area contributed by atoms with E-state index in [-0.39, 0.29) is 24.3 Å². The fourth-order valence-electron chi connectivity index (χ4n) is 2.82. The summed E-state index contributed by atoms with van der Waals surface area (Å²) in [7, 11) is 1.87. The monoisotopic (exact) mass is 383 g/mol. The van der Waals surface area contributed by atoms with Crippen LogP contribution >= 0.6 is 0 Å². The third-order valence-electron chi connectivity index (χ3n) is 4.49. The van der Waals surface area contributed by atoms with Crippen LogP contribution in [0.2, 0.25) is 0 Å². The molecule has 2 heterocycles. The van der Waals surface area contributed by atoms with Crippen molar-refractivity contribution in [3.05, 3.63) is 65.4 Å². The Bertz CT molecular complexity index is 928. The van der Waals surface area contributed by atoms with Crippen LogP contribution in [0.5, 0.6) is 11.5 Å². The predicted octanol–water partition coefficient (Wildman–Crippen LogP) is 3.79. The van der Waals surface area contributed by atoms with Crippen LogP contribution in [-0.2, 0) is 13.7 Å². The average molecular weight is 383 g/mol. The molecule has 1 aromatic carbocycles. The molecule has 0 fully saturated rings. The quantitative estimate of drug-likeness (QED) is 0.640. The Morgan fingerprint density at radius 3 is 2.46 bits per heavy atom. The Kier molecular flexibility index (Phi) is 6.03. The van der Waals surface area contributed by atoms with Gasteiger partial charge in [0.05, 0.1) is 18.8 Å². The van der Waals surface area contributed by atoms with Crippen molar-refractivity contribution in [1.29, 1.82) is 0 Å². The van der Waals surface area contributed by atoms with E-state index in [0.717, 1.165) is 17.0 Å². The summed E-state index contributed by atoms with van der Waals surface area (Å²) in [5, 5.41) is 7.14. The molecule has 0 radical (unpaired) electrons. The van der Waals surface area contributed by atoms with Gasteiger partial charge in [-0.05, 0) is 57.2 Å². The first-order valence-corrected chi connectivity index (χ1v) is 9.21. The molecule has 1 amide bonds. The van der Waals surface area contributed by atoms with Crippen LogP contribution in [0.1, 0.15) is 47.5 Å². The zero-order chi connectivity index (χ0) is 20.1. The van der Waals surface area contributed by atoms with Crippen LogP contribution in [0.3, 0.4) is 0 Å². The van der Waals surface area contributed by atoms with Crippen LogP contribution in [-0.4, -0.2) is 22.3 Å². The second-order valence-corrected chi connectivity index (χ2v) is 6.46. The molecule has 0 bridgehead atoms. The number of benzene rings is 1. The highest BCUT2D eigenvalue weighted by Crippen LogP contribution is 2.20. The van der Waals surface area contributed by atoms with E-state index < -0.39 is 0 Å². The van der Waals surface area contributed by atoms with Gasteiger partial charge in [0.25, 0.3) is 5.91 Å². The Morgan fingerprint density at radius 1 is 1.18 bits per heavy atom. The van der Waals surface area contributed by atoms with Gasteiger partial charge in [-0.1, -0.05) is 0 Å². The van der Waals surface area contributed by atoms with Crippen LogP contribution in [0.15, 0.2) is 47.0 Å². The number of nitrogens with one attached hydrogen (secondary N) is 1. The molecule has 7 nitrogen and oxygen atoms in total. The Morgan fingerprint density at radius 2 is 1.86 bits per heavy atom. The van der Waals surface area contributed by atoms with E-state index in [9.17, 15) is 4.79 Å². The normalized spacial score (nSPS) is 11.9. The third kappa shape index (κ3) is 4.54. The van der Waals surface area contributed by atoms with Crippen LogP contribution in [0, 0.1) is 6.92 Å². The van der Waals surface area contributed by atoms with Crippen molar-refractivity contribution in [3.8, 4) is 11.5 Å². The second kappa shape index (κ2) is 8.65. The van der Waals surface area contributed by atoms with Crippen molar-refractivity contribution in [2.75, 3.05) is 6.61 Å². The highest BCUT2D eigenvalue weighted by molar-refractivity contribution is 5.91. The number of amides is 1. The zero-order valence-corrected chi connectivity index (χ0v) is 16.6. The van der Waals surface area contributed by atoms with E-state index in [1.165, 1.54) is 0 Å². The molecule has 28 heavy (non-hydrogen) atoms. The molecule has 0 saturated heterocycles. The van der Waals surface area contributed by atoms with Gasteiger partial charge in [-0.3, -0.25) is 9.48 Å². The molecular weight excluding hydrogens is 358 g/mol. The lowest BCUT2D eigenvalue weighted by atomic mass is 10.1. The van der Waals surface area contributed by atoms with Crippen molar-refractivity contribution < 1.29 is 18.7 Å². The molecule has 0 saturated carbocycles. The molecule has 1 atom stereocenters. The van der Waals surface area contributed by atoms with Gasteiger partial charge in [-0.15, -0.1) is 0 Å². The molecule has 3 rings (SSSR count). The maximum atomic E-state index is 12.4. The van der Waals surface area contributed by atoms with Crippen molar-refractivity contribution in [2.45, 2.75) is 33.4 Å². The van der Waals surface area contributed by atoms with Crippen molar-refractivity contribution >= 4 is 5.91 Å². The molecule has 0 aliphatic heterocycles. The molecule has 0 spiro atoms. The second-order valence-electron chi connectivity index (χ2n) is 6.46. The summed E-state index contributed by atoms with van der Waals surface area (Å²) in [4.78, 5) is 12.4. The lowest BCUT2D eigenvalue weighted by Gasteiger charge is -2.12. The maximum absolute atomic E-state index is 12.4. The van der Waals surface area contributed by atoms with Gasteiger partial charge in [0.15, 0.2) is 5.76 Å². The smallest absolute Gasteiger partial charge is 0.287 e. The minimum Gasteiger partial charge on any atom is -0.494 e. The lowest BCUT2D eigenvalue weighted by Crippen LogP contribution is -2.26. The molecule has 148 valence electrons. The standard InChI is InChI=1S/C21H25N3O4/c1-5-26-16-6-8-17(9-7-16)27-13-18-10-11-20(28-18)21(25)23-14(2)19-12-22-24(4)15(19)3/h6-12,14H,5,13H2,1-4H3,(H,23,25). The molecule has 3 aromatic rings. The fraction of sp³-hybridized carbons (Fsp3) is 0.333. The van der Waals surface area contributed by atoms with Crippen molar-refractivity contribution in [3.63, 3.8) is 0 Å². The first-order valence-electron chi connectivity index (χ1n) is 9.21. The molecule has 2 aromatic heterocycles. The van der Waals surface area contributed by atoms with Gasteiger partial charge in [0.1, 0.15) is 23.9 Å². The summed E-state index contributed by atoms with van der Waals surface area (Å²) in [5.41, 5.74) is 1.98. The summed E-state index contributed by atoms with van der Waals surface area (Å²) in [5.74, 6) is 2.04. The topological polar surface area (TPSA) is 78.5 Å². The first-order chi connectivity index (χ1) is 13.5. The number of hydrogen-bond acceptors (Lipinski definition) is 5. The Balaban J connectivity index is 1.55. The highest BCUT2D eigenvalue weighted by atomic mass is 16.5. The Labute approximate surface area is 164 Å². The van der Waals surface area contributed by atoms with Crippen molar-refractivity contribution in [1.82, 2.24) is 15.1 Å².